The molecule has 1 fully saturated rings. The summed E-state index contributed by atoms with van der Waals surface area (Å²) >= 11 is 0. The van der Waals surface area contributed by atoms with E-state index in [4.69, 9.17) is 9.39 Å². The van der Waals surface area contributed by atoms with Gasteiger partial charge in [0.2, 0.25) is 0 Å². The summed E-state index contributed by atoms with van der Waals surface area (Å²) < 4.78 is 10.4. The van der Waals surface area contributed by atoms with Crippen molar-refractivity contribution < 1.29 is 9.39 Å². The van der Waals surface area contributed by atoms with E-state index in [1.165, 1.54) is 5.69 Å². The summed E-state index contributed by atoms with van der Waals surface area (Å²) in [5, 5.41) is 0. The van der Waals surface area contributed by atoms with Crippen molar-refractivity contribution in [2.45, 2.75) is 0 Å². The SMILES string of the molecule is BOc1ccc(N2CCOCC2)cc1. The first-order valence-electron chi connectivity index (χ1n) is 4.87. The molecule has 0 aromatic heterocycles. The number of hydrogen-bond donors (Lipinski definition) is 0. The summed E-state index contributed by atoms with van der Waals surface area (Å²) in [4.78, 5) is 2.32. The molecule has 1 saturated heterocycles. The lowest BCUT2D eigenvalue weighted by atomic mass is 10.2. The molecule has 0 unspecified atom stereocenters. The van der Waals surface area contributed by atoms with E-state index in [9.17, 15) is 0 Å². The van der Waals surface area contributed by atoms with Crippen LogP contribution in [-0.2, 0) is 4.74 Å². The number of nitrogens with zero attached hydrogens (tertiary/aromatic N) is 1. The molecule has 0 bridgehead atoms. The molecular formula is C10H14BNO2. The third-order valence-electron chi connectivity index (χ3n) is 2.45. The van der Waals surface area contributed by atoms with E-state index in [-0.39, 0.29) is 0 Å². The van der Waals surface area contributed by atoms with E-state index in [0.29, 0.717) is 0 Å². The van der Waals surface area contributed by atoms with Gasteiger partial charge in [-0.25, -0.2) is 0 Å². The fraction of sp³-hybridized carbons (Fsp3) is 0.400. The molecule has 14 heavy (non-hydrogen) atoms. The van der Waals surface area contributed by atoms with E-state index >= 15 is 0 Å². The summed E-state index contributed by atoms with van der Waals surface area (Å²) in [5.41, 5.74) is 1.24. The van der Waals surface area contributed by atoms with Crippen LogP contribution in [0.2, 0.25) is 0 Å². The Kier molecular flexibility index (Phi) is 2.94. The Morgan fingerprint density at radius 3 is 2.36 bits per heavy atom. The zero-order chi connectivity index (χ0) is 9.80. The lowest BCUT2D eigenvalue weighted by Crippen LogP contribution is -2.36. The summed E-state index contributed by atoms with van der Waals surface area (Å²) in [6.45, 7) is 3.61. The first-order valence-corrected chi connectivity index (χ1v) is 4.87. The molecule has 0 amide bonds. The van der Waals surface area contributed by atoms with Crippen LogP contribution < -0.4 is 9.55 Å². The molecule has 1 heterocycles. The van der Waals surface area contributed by atoms with E-state index in [0.717, 1.165) is 32.1 Å². The third kappa shape index (κ3) is 2.01. The van der Waals surface area contributed by atoms with Crippen LogP contribution in [0.4, 0.5) is 5.69 Å². The highest BCUT2D eigenvalue weighted by Gasteiger charge is 2.10. The van der Waals surface area contributed by atoms with E-state index in [1.54, 1.807) is 8.05 Å². The highest BCUT2D eigenvalue weighted by Crippen LogP contribution is 2.19. The summed E-state index contributed by atoms with van der Waals surface area (Å²) in [5.74, 6) is 0.905. The lowest BCUT2D eigenvalue weighted by Gasteiger charge is -2.28. The van der Waals surface area contributed by atoms with Crippen LogP contribution in [-0.4, -0.2) is 34.4 Å². The van der Waals surface area contributed by atoms with E-state index < -0.39 is 0 Å². The molecule has 0 atom stereocenters. The van der Waals surface area contributed by atoms with Gasteiger partial charge in [-0.1, -0.05) is 0 Å². The molecule has 4 heteroatoms. The predicted octanol–water partition coefficient (Wildman–Crippen LogP) is 0.450. The highest BCUT2D eigenvalue weighted by molar-refractivity contribution is 5.99. The number of rotatable bonds is 2. The maximum absolute atomic E-state index is 5.30. The Hall–Kier alpha value is -1.16. The van der Waals surface area contributed by atoms with Gasteiger partial charge >= 0.3 is 8.05 Å². The second-order valence-corrected chi connectivity index (χ2v) is 3.30. The van der Waals surface area contributed by atoms with Gasteiger partial charge in [-0.2, -0.15) is 0 Å². The number of benzene rings is 1. The zero-order valence-electron chi connectivity index (χ0n) is 8.40. The molecule has 0 spiro atoms. The van der Waals surface area contributed by atoms with Crippen molar-refractivity contribution in [3.05, 3.63) is 24.3 Å². The minimum atomic E-state index is 0.825. The van der Waals surface area contributed by atoms with Crippen molar-refractivity contribution in [2.24, 2.45) is 0 Å². The van der Waals surface area contributed by atoms with Crippen LogP contribution in [0.15, 0.2) is 24.3 Å². The largest absolute Gasteiger partial charge is 0.568 e. The van der Waals surface area contributed by atoms with Crippen molar-refractivity contribution in [2.75, 3.05) is 31.2 Å². The third-order valence-corrected chi connectivity index (χ3v) is 2.45. The van der Waals surface area contributed by atoms with Gasteiger partial charge in [0.1, 0.15) is 0 Å². The van der Waals surface area contributed by atoms with Crippen LogP contribution in [0.3, 0.4) is 0 Å². The Morgan fingerprint density at radius 2 is 1.79 bits per heavy atom. The highest BCUT2D eigenvalue weighted by atomic mass is 16.5. The monoisotopic (exact) mass is 191 g/mol. The molecule has 0 aliphatic carbocycles. The maximum Gasteiger partial charge on any atom is 0.322 e. The zero-order valence-corrected chi connectivity index (χ0v) is 8.40. The summed E-state index contributed by atoms with van der Waals surface area (Å²) in [6.07, 6.45) is 0. The first-order chi connectivity index (χ1) is 6.90. The van der Waals surface area contributed by atoms with Crippen molar-refractivity contribution in [3.63, 3.8) is 0 Å². The average Bonchev–Trinajstić information content (AvgIpc) is 2.30. The van der Waals surface area contributed by atoms with Gasteiger partial charge < -0.3 is 14.3 Å². The van der Waals surface area contributed by atoms with Crippen LogP contribution in [0.5, 0.6) is 5.75 Å². The van der Waals surface area contributed by atoms with Gasteiger partial charge in [0.25, 0.3) is 0 Å². The summed E-state index contributed by atoms with van der Waals surface area (Å²) in [7, 11) is 1.68. The number of ether oxygens (including phenoxy) is 1. The van der Waals surface area contributed by atoms with Crippen molar-refractivity contribution in [1.82, 2.24) is 0 Å². The number of anilines is 1. The van der Waals surface area contributed by atoms with Gasteiger partial charge in [-0.15, -0.1) is 0 Å². The van der Waals surface area contributed by atoms with Gasteiger partial charge in [0.15, 0.2) is 0 Å². The van der Waals surface area contributed by atoms with Gasteiger partial charge in [-0.05, 0) is 24.3 Å². The number of morpholine rings is 1. The molecule has 0 saturated carbocycles. The maximum atomic E-state index is 5.30. The number of hydrogen-bond acceptors (Lipinski definition) is 3. The first kappa shape index (κ1) is 9.40. The average molecular weight is 191 g/mol. The fourth-order valence-electron chi connectivity index (χ4n) is 1.61. The Morgan fingerprint density at radius 1 is 1.14 bits per heavy atom. The van der Waals surface area contributed by atoms with Crippen LogP contribution >= 0.6 is 0 Å². The van der Waals surface area contributed by atoms with Crippen molar-refractivity contribution in [3.8, 4) is 5.75 Å². The smallest absolute Gasteiger partial charge is 0.322 e. The quantitative estimate of drug-likeness (QED) is 0.633. The van der Waals surface area contributed by atoms with Crippen molar-refractivity contribution >= 4 is 13.7 Å². The Balaban J connectivity index is 2.07. The molecule has 74 valence electrons. The predicted molar refractivity (Wildman–Crippen MR) is 58.6 cm³/mol. The van der Waals surface area contributed by atoms with E-state index in [1.807, 2.05) is 12.1 Å². The van der Waals surface area contributed by atoms with E-state index in [2.05, 4.69) is 17.0 Å². The molecule has 1 aliphatic rings. The normalized spacial score (nSPS) is 16.7. The van der Waals surface area contributed by atoms with Crippen LogP contribution in [0.25, 0.3) is 0 Å². The van der Waals surface area contributed by atoms with Gasteiger partial charge in [0.05, 0.1) is 19.0 Å². The van der Waals surface area contributed by atoms with Crippen LogP contribution in [0, 0.1) is 0 Å². The molecule has 0 radical (unpaired) electrons. The molecule has 3 nitrogen and oxygen atoms in total. The van der Waals surface area contributed by atoms with Crippen LogP contribution in [0.1, 0.15) is 0 Å². The Bertz CT molecular complexity index is 283. The van der Waals surface area contributed by atoms with Gasteiger partial charge in [0, 0.05) is 18.8 Å². The second kappa shape index (κ2) is 4.37. The Labute approximate surface area is 85.1 Å². The fourth-order valence-corrected chi connectivity index (χ4v) is 1.61. The topological polar surface area (TPSA) is 21.7 Å². The standard InChI is InChI=1S/C10H14BNO2/c11-14-10-3-1-9(2-4-10)12-5-7-13-8-6-12/h1-4H,5-8,11H2. The van der Waals surface area contributed by atoms with Crippen molar-refractivity contribution in [1.29, 1.82) is 0 Å². The molecule has 1 aliphatic heterocycles. The molecule has 1 aromatic rings. The summed E-state index contributed by atoms with van der Waals surface area (Å²) in [6, 6.07) is 8.16. The molecule has 2 rings (SSSR count). The lowest BCUT2D eigenvalue weighted by molar-refractivity contribution is 0.122. The molecule has 0 N–H and O–H groups in total. The minimum absolute atomic E-state index is 0.825. The molecule has 1 aromatic carbocycles. The molecular weight excluding hydrogens is 177 g/mol. The van der Waals surface area contributed by atoms with Gasteiger partial charge in [-0.3, -0.25) is 0 Å². The minimum Gasteiger partial charge on any atom is -0.568 e. The second-order valence-electron chi connectivity index (χ2n) is 3.30.